The third kappa shape index (κ3) is 5.03. The first-order valence-electron chi connectivity index (χ1n) is 10.4. The molecular formula is C23H27N5O3. The van der Waals surface area contributed by atoms with Crippen molar-refractivity contribution in [1.29, 1.82) is 0 Å². The van der Waals surface area contributed by atoms with Crippen LogP contribution in [0.3, 0.4) is 0 Å². The predicted octanol–water partition coefficient (Wildman–Crippen LogP) is 3.43. The molecule has 1 aromatic heterocycles. The van der Waals surface area contributed by atoms with Gasteiger partial charge < -0.3 is 14.8 Å². The minimum absolute atomic E-state index is 0.112. The highest BCUT2D eigenvalue weighted by Crippen LogP contribution is 2.28. The average Bonchev–Trinajstić information content (AvgIpc) is 2.80. The number of benzene rings is 2. The topological polar surface area (TPSA) is 88.6 Å². The lowest BCUT2D eigenvalue weighted by Gasteiger charge is -2.32. The lowest BCUT2D eigenvalue weighted by atomic mass is 10.0. The van der Waals surface area contributed by atoms with Gasteiger partial charge in [0.15, 0.2) is 5.82 Å². The van der Waals surface area contributed by atoms with Crippen molar-refractivity contribution in [1.82, 2.24) is 20.2 Å². The fraction of sp³-hybridized carbons (Fsp3) is 0.348. The third-order valence-electron chi connectivity index (χ3n) is 5.44. The van der Waals surface area contributed by atoms with Crippen molar-refractivity contribution < 1.29 is 14.3 Å². The molecule has 2 amide bonds. The molecule has 8 nitrogen and oxygen atoms in total. The van der Waals surface area contributed by atoms with Crippen LogP contribution >= 0.6 is 0 Å². The first kappa shape index (κ1) is 20.9. The van der Waals surface area contributed by atoms with Gasteiger partial charge in [0.25, 0.3) is 5.88 Å². The number of nitrogens with zero attached hydrogens (tertiary/aromatic N) is 3. The molecule has 4 rings (SSSR count). The lowest BCUT2D eigenvalue weighted by Crippen LogP contribution is -2.45. The van der Waals surface area contributed by atoms with Gasteiger partial charge in [-0.3, -0.25) is 10.2 Å². The summed E-state index contributed by atoms with van der Waals surface area (Å²) in [6.07, 6.45) is 1.79. The fourth-order valence-corrected chi connectivity index (χ4v) is 3.83. The van der Waals surface area contributed by atoms with E-state index in [4.69, 9.17) is 9.47 Å². The van der Waals surface area contributed by atoms with Crippen LogP contribution in [-0.4, -0.2) is 54.2 Å². The van der Waals surface area contributed by atoms with E-state index in [0.717, 1.165) is 32.5 Å². The Morgan fingerprint density at radius 3 is 2.52 bits per heavy atom. The van der Waals surface area contributed by atoms with Crippen molar-refractivity contribution in [3.8, 4) is 11.6 Å². The zero-order chi connectivity index (χ0) is 21.6. The van der Waals surface area contributed by atoms with Gasteiger partial charge >= 0.3 is 6.03 Å². The number of hydrogen-bond donors (Lipinski definition) is 2. The highest BCUT2D eigenvalue weighted by Gasteiger charge is 2.22. The molecule has 2 aromatic carbocycles. The first-order chi connectivity index (χ1) is 15.2. The number of likely N-dealkylation sites (tertiary alicyclic amines) is 1. The molecule has 2 heterocycles. The first-order valence-corrected chi connectivity index (χ1v) is 10.4. The summed E-state index contributed by atoms with van der Waals surface area (Å²) in [4.78, 5) is 24.0. The van der Waals surface area contributed by atoms with Crippen molar-refractivity contribution in [3.05, 3.63) is 54.1 Å². The molecular weight excluding hydrogens is 394 g/mol. The zero-order valence-corrected chi connectivity index (χ0v) is 17.8. The predicted molar refractivity (Wildman–Crippen MR) is 120 cm³/mol. The number of nitrogens with one attached hydrogen (secondary N) is 2. The Morgan fingerprint density at radius 2 is 1.81 bits per heavy atom. The summed E-state index contributed by atoms with van der Waals surface area (Å²) in [5.41, 5.74) is 2.51. The van der Waals surface area contributed by atoms with Crippen LogP contribution in [0.15, 0.2) is 48.5 Å². The van der Waals surface area contributed by atoms with Crippen LogP contribution in [0.5, 0.6) is 11.6 Å². The van der Waals surface area contributed by atoms with E-state index in [1.807, 2.05) is 18.2 Å². The molecule has 162 valence electrons. The number of para-hydroxylation sites is 1. The number of ether oxygens (including phenoxy) is 2. The summed E-state index contributed by atoms with van der Waals surface area (Å²) in [5.74, 6) is 1.11. The average molecular weight is 422 g/mol. The van der Waals surface area contributed by atoms with Gasteiger partial charge in [-0.2, -0.15) is 0 Å². The lowest BCUT2D eigenvalue weighted by molar-refractivity contribution is 0.190. The Labute approximate surface area is 181 Å². The van der Waals surface area contributed by atoms with E-state index in [1.54, 1.807) is 13.2 Å². The third-order valence-corrected chi connectivity index (χ3v) is 5.44. The molecule has 0 spiro atoms. The Morgan fingerprint density at radius 1 is 1.03 bits per heavy atom. The van der Waals surface area contributed by atoms with Crippen LogP contribution in [0.2, 0.25) is 0 Å². The SMILES string of the molecule is COc1nc2cccc(OC)c2nc1NC(=O)NC1CCN(Cc2ccccc2)CC1. The van der Waals surface area contributed by atoms with Gasteiger partial charge in [0.05, 0.1) is 19.7 Å². The van der Waals surface area contributed by atoms with E-state index in [2.05, 4.69) is 49.8 Å². The minimum Gasteiger partial charge on any atom is -0.494 e. The summed E-state index contributed by atoms with van der Waals surface area (Å²) in [5, 5.41) is 5.83. The van der Waals surface area contributed by atoms with Crippen LogP contribution in [-0.2, 0) is 6.54 Å². The van der Waals surface area contributed by atoms with E-state index in [9.17, 15) is 4.79 Å². The van der Waals surface area contributed by atoms with E-state index >= 15 is 0 Å². The maximum Gasteiger partial charge on any atom is 0.320 e. The number of rotatable bonds is 6. The summed E-state index contributed by atoms with van der Waals surface area (Å²) in [6, 6.07) is 15.7. The number of hydrogen-bond acceptors (Lipinski definition) is 6. The highest BCUT2D eigenvalue weighted by molar-refractivity contribution is 5.92. The number of carbonyl (C=O) groups excluding carboxylic acids is 1. The molecule has 8 heteroatoms. The van der Waals surface area contributed by atoms with Crippen LogP contribution in [0.4, 0.5) is 10.6 Å². The van der Waals surface area contributed by atoms with E-state index < -0.39 is 0 Å². The largest absolute Gasteiger partial charge is 0.494 e. The number of urea groups is 1. The Kier molecular flexibility index (Phi) is 6.47. The quantitative estimate of drug-likeness (QED) is 0.634. The zero-order valence-electron chi connectivity index (χ0n) is 17.8. The molecule has 2 N–H and O–H groups in total. The molecule has 3 aromatic rings. The molecule has 0 radical (unpaired) electrons. The number of anilines is 1. The summed E-state index contributed by atoms with van der Waals surface area (Å²) >= 11 is 0. The van der Waals surface area contributed by atoms with Gasteiger partial charge in [0, 0.05) is 25.7 Å². The number of aromatic nitrogens is 2. The van der Waals surface area contributed by atoms with Crippen molar-refractivity contribution in [2.24, 2.45) is 0 Å². The monoisotopic (exact) mass is 421 g/mol. The van der Waals surface area contributed by atoms with Crippen LogP contribution in [0.1, 0.15) is 18.4 Å². The molecule has 1 aliphatic rings. The van der Waals surface area contributed by atoms with Gasteiger partial charge in [0.1, 0.15) is 11.3 Å². The molecule has 0 unspecified atom stereocenters. The molecule has 0 aliphatic carbocycles. The van der Waals surface area contributed by atoms with Gasteiger partial charge in [0.2, 0.25) is 0 Å². The fourth-order valence-electron chi connectivity index (χ4n) is 3.83. The van der Waals surface area contributed by atoms with Crippen LogP contribution in [0.25, 0.3) is 11.0 Å². The van der Waals surface area contributed by atoms with Crippen molar-refractivity contribution in [2.45, 2.75) is 25.4 Å². The van der Waals surface area contributed by atoms with Crippen molar-refractivity contribution in [3.63, 3.8) is 0 Å². The second-order valence-electron chi connectivity index (χ2n) is 7.54. The number of fused-ring (bicyclic) bond motifs is 1. The van der Waals surface area contributed by atoms with Gasteiger partial charge in [-0.15, -0.1) is 0 Å². The molecule has 1 fully saturated rings. The molecule has 1 aliphatic heterocycles. The Bertz CT molecular complexity index is 1040. The van der Waals surface area contributed by atoms with E-state index in [-0.39, 0.29) is 23.8 Å². The van der Waals surface area contributed by atoms with Crippen LogP contribution < -0.4 is 20.1 Å². The van der Waals surface area contributed by atoms with Crippen molar-refractivity contribution >= 4 is 22.9 Å². The second-order valence-corrected chi connectivity index (χ2v) is 7.54. The maximum absolute atomic E-state index is 12.6. The van der Waals surface area contributed by atoms with Gasteiger partial charge in [-0.1, -0.05) is 36.4 Å². The number of piperidine rings is 1. The second kappa shape index (κ2) is 9.61. The number of amides is 2. The smallest absolute Gasteiger partial charge is 0.320 e. The van der Waals surface area contributed by atoms with E-state index in [1.165, 1.54) is 12.7 Å². The molecule has 0 atom stereocenters. The Balaban J connectivity index is 1.36. The normalized spacial score (nSPS) is 14.9. The highest BCUT2D eigenvalue weighted by atomic mass is 16.5. The molecule has 1 saturated heterocycles. The maximum atomic E-state index is 12.6. The number of carbonyl (C=O) groups is 1. The summed E-state index contributed by atoms with van der Waals surface area (Å²) < 4.78 is 10.7. The van der Waals surface area contributed by atoms with Crippen molar-refractivity contribution in [2.75, 3.05) is 32.6 Å². The molecule has 0 bridgehead atoms. The van der Waals surface area contributed by atoms with E-state index in [0.29, 0.717) is 16.8 Å². The molecule has 31 heavy (non-hydrogen) atoms. The Hall–Kier alpha value is -3.39. The van der Waals surface area contributed by atoms with Gasteiger partial charge in [-0.25, -0.2) is 14.8 Å². The number of methoxy groups -OCH3 is 2. The standard InChI is InChI=1S/C23H27N5O3/c1-30-19-10-6-9-18-20(19)26-21(22(25-18)31-2)27-23(29)24-17-11-13-28(14-12-17)15-16-7-4-3-5-8-16/h3-10,17H,11-15H2,1-2H3,(H2,24,26,27,29). The summed E-state index contributed by atoms with van der Waals surface area (Å²) in [7, 11) is 3.08. The summed E-state index contributed by atoms with van der Waals surface area (Å²) in [6.45, 7) is 2.82. The molecule has 0 saturated carbocycles. The minimum atomic E-state index is -0.316. The van der Waals surface area contributed by atoms with Gasteiger partial charge in [-0.05, 0) is 30.5 Å². The van der Waals surface area contributed by atoms with Crippen LogP contribution in [0, 0.1) is 0 Å².